The lowest BCUT2D eigenvalue weighted by atomic mass is 10.1. The van der Waals surface area contributed by atoms with Gasteiger partial charge < -0.3 is 5.32 Å². The van der Waals surface area contributed by atoms with E-state index in [1.165, 1.54) is 17.0 Å². The van der Waals surface area contributed by atoms with Gasteiger partial charge in [0.25, 0.3) is 0 Å². The van der Waals surface area contributed by atoms with E-state index in [4.69, 9.17) is 5.10 Å². The molecule has 0 atom stereocenters. The van der Waals surface area contributed by atoms with E-state index in [1.807, 2.05) is 7.05 Å². The molecule has 0 aliphatic rings. The Morgan fingerprint density at radius 1 is 1.24 bits per heavy atom. The summed E-state index contributed by atoms with van der Waals surface area (Å²) in [5.74, 6) is 0.655. The summed E-state index contributed by atoms with van der Waals surface area (Å²) >= 11 is 0. The highest BCUT2D eigenvalue weighted by Gasteiger charge is 2.15. The Kier molecular flexibility index (Phi) is 5.69. The first-order chi connectivity index (χ1) is 8.13. The summed E-state index contributed by atoms with van der Waals surface area (Å²) in [6.07, 6.45) is 3.22. The normalized spacial score (nSPS) is 11.4. The molecule has 0 spiro atoms. The second-order valence-electron chi connectivity index (χ2n) is 5.01. The van der Waals surface area contributed by atoms with Gasteiger partial charge in [0.05, 0.1) is 5.69 Å². The van der Waals surface area contributed by atoms with Crippen LogP contribution in [-0.4, -0.2) is 23.4 Å². The molecule has 98 valence electrons. The molecular formula is C14H27N3. The average Bonchev–Trinajstić information content (AvgIpc) is 2.62. The Hall–Kier alpha value is -0.830. The van der Waals surface area contributed by atoms with Gasteiger partial charge in [0, 0.05) is 12.2 Å². The zero-order valence-corrected chi connectivity index (χ0v) is 12.0. The van der Waals surface area contributed by atoms with Crippen LogP contribution >= 0.6 is 0 Å². The van der Waals surface area contributed by atoms with Gasteiger partial charge in [-0.05, 0) is 44.3 Å². The monoisotopic (exact) mass is 237 g/mol. The predicted molar refractivity (Wildman–Crippen MR) is 73.5 cm³/mol. The molecule has 0 radical (unpaired) electrons. The summed E-state index contributed by atoms with van der Waals surface area (Å²) in [4.78, 5) is 0. The molecular weight excluding hydrogens is 210 g/mol. The van der Waals surface area contributed by atoms with Crippen molar-refractivity contribution in [2.75, 3.05) is 13.6 Å². The zero-order valence-electron chi connectivity index (χ0n) is 12.0. The van der Waals surface area contributed by atoms with Crippen molar-refractivity contribution >= 4 is 0 Å². The second-order valence-corrected chi connectivity index (χ2v) is 5.01. The number of nitrogens with one attached hydrogen (secondary N) is 1. The number of hydrogen-bond donors (Lipinski definition) is 1. The van der Waals surface area contributed by atoms with E-state index in [0.717, 1.165) is 32.4 Å². The molecule has 0 aromatic carbocycles. The maximum atomic E-state index is 4.78. The number of aryl methyl sites for hydroxylation is 1. The van der Waals surface area contributed by atoms with E-state index in [0.29, 0.717) is 5.92 Å². The molecule has 1 aromatic heterocycles. The van der Waals surface area contributed by atoms with Crippen LogP contribution in [0.1, 0.15) is 44.6 Å². The molecule has 3 heteroatoms. The van der Waals surface area contributed by atoms with Gasteiger partial charge in [-0.3, -0.25) is 4.68 Å². The van der Waals surface area contributed by atoms with E-state index >= 15 is 0 Å². The highest BCUT2D eigenvalue weighted by atomic mass is 15.3. The molecule has 0 aliphatic heterocycles. The first kappa shape index (κ1) is 14.2. The van der Waals surface area contributed by atoms with Crippen LogP contribution in [0.4, 0.5) is 0 Å². The molecule has 0 bridgehead atoms. The average molecular weight is 237 g/mol. The van der Waals surface area contributed by atoms with E-state index < -0.39 is 0 Å². The van der Waals surface area contributed by atoms with Crippen molar-refractivity contribution in [2.45, 2.75) is 53.5 Å². The third kappa shape index (κ3) is 3.56. The quantitative estimate of drug-likeness (QED) is 0.789. The van der Waals surface area contributed by atoms with Crippen LogP contribution in [-0.2, 0) is 25.8 Å². The first-order valence-electron chi connectivity index (χ1n) is 6.85. The number of aromatic nitrogens is 2. The van der Waals surface area contributed by atoms with E-state index in [9.17, 15) is 0 Å². The van der Waals surface area contributed by atoms with Gasteiger partial charge >= 0.3 is 0 Å². The highest BCUT2D eigenvalue weighted by Crippen LogP contribution is 2.18. The Labute approximate surface area is 106 Å². The van der Waals surface area contributed by atoms with Crippen molar-refractivity contribution in [3.05, 3.63) is 17.0 Å². The van der Waals surface area contributed by atoms with Crippen molar-refractivity contribution in [1.82, 2.24) is 15.1 Å². The van der Waals surface area contributed by atoms with Crippen molar-refractivity contribution in [3.8, 4) is 0 Å². The molecule has 0 amide bonds. The summed E-state index contributed by atoms with van der Waals surface area (Å²) in [6, 6.07) is 0. The maximum absolute atomic E-state index is 4.78. The van der Waals surface area contributed by atoms with Crippen LogP contribution in [0.25, 0.3) is 0 Å². The molecule has 0 fully saturated rings. The lowest BCUT2D eigenvalue weighted by molar-refractivity contribution is 0.467. The summed E-state index contributed by atoms with van der Waals surface area (Å²) in [6.45, 7) is 11.0. The fourth-order valence-electron chi connectivity index (χ4n) is 2.30. The third-order valence-corrected chi connectivity index (χ3v) is 3.08. The van der Waals surface area contributed by atoms with Gasteiger partial charge in [0.15, 0.2) is 0 Å². The minimum atomic E-state index is 0.655. The zero-order chi connectivity index (χ0) is 12.8. The number of rotatable bonds is 7. The Balaban J connectivity index is 3.02. The van der Waals surface area contributed by atoms with Crippen LogP contribution in [0.2, 0.25) is 0 Å². The van der Waals surface area contributed by atoms with Gasteiger partial charge in [-0.1, -0.05) is 27.7 Å². The molecule has 0 saturated carbocycles. The van der Waals surface area contributed by atoms with Gasteiger partial charge in [0.1, 0.15) is 0 Å². The predicted octanol–water partition coefficient (Wildman–Crippen LogP) is 2.43. The summed E-state index contributed by atoms with van der Waals surface area (Å²) in [5, 5.41) is 8.01. The molecule has 17 heavy (non-hydrogen) atoms. The fourth-order valence-corrected chi connectivity index (χ4v) is 2.30. The molecule has 1 aromatic rings. The van der Waals surface area contributed by atoms with Gasteiger partial charge in [-0.25, -0.2) is 0 Å². The van der Waals surface area contributed by atoms with Crippen LogP contribution in [0.5, 0.6) is 0 Å². The van der Waals surface area contributed by atoms with Crippen molar-refractivity contribution in [2.24, 2.45) is 5.92 Å². The van der Waals surface area contributed by atoms with Crippen LogP contribution in [0.3, 0.4) is 0 Å². The lowest BCUT2D eigenvalue weighted by Crippen LogP contribution is -2.13. The topological polar surface area (TPSA) is 29.9 Å². The van der Waals surface area contributed by atoms with Crippen LogP contribution < -0.4 is 5.32 Å². The van der Waals surface area contributed by atoms with Crippen molar-refractivity contribution in [1.29, 1.82) is 0 Å². The second kappa shape index (κ2) is 6.80. The minimum absolute atomic E-state index is 0.655. The first-order valence-corrected chi connectivity index (χ1v) is 6.85. The molecule has 1 N–H and O–H groups in total. The van der Waals surface area contributed by atoms with Gasteiger partial charge in [-0.2, -0.15) is 5.10 Å². The summed E-state index contributed by atoms with van der Waals surface area (Å²) < 4.78 is 2.23. The molecule has 1 rings (SSSR count). The lowest BCUT2D eigenvalue weighted by Gasteiger charge is -2.10. The highest BCUT2D eigenvalue weighted by molar-refractivity contribution is 5.27. The summed E-state index contributed by atoms with van der Waals surface area (Å²) in [5.41, 5.74) is 4.20. The SMILES string of the molecule is CCc1nn(CC(C)C)c(CC)c1CCNC. The summed E-state index contributed by atoms with van der Waals surface area (Å²) in [7, 11) is 2.01. The maximum Gasteiger partial charge on any atom is 0.0657 e. The van der Waals surface area contributed by atoms with Gasteiger partial charge in [-0.15, -0.1) is 0 Å². The van der Waals surface area contributed by atoms with Crippen LogP contribution in [0, 0.1) is 5.92 Å². The molecule has 3 nitrogen and oxygen atoms in total. The Morgan fingerprint density at radius 2 is 1.94 bits per heavy atom. The van der Waals surface area contributed by atoms with E-state index in [2.05, 4.69) is 37.7 Å². The minimum Gasteiger partial charge on any atom is -0.319 e. The largest absolute Gasteiger partial charge is 0.319 e. The van der Waals surface area contributed by atoms with Crippen LogP contribution in [0.15, 0.2) is 0 Å². The van der Waals surface area contributed by atoms with E-state index in [-0.39, 0.29) is 0 Å². The Morgan fingerprint density at radius 3 is 2.41 bits per heavy atom. The number of hydrogen-bond acceptors (Lipinski definition) is 2. The smallest absolute Gasteiger partial charge is 0.0657 e. The van der Waals surface area contributed by atoms with Gasteiger partial charge in [0.2, 0.25) is 0 Å². The molecule has 0 unspecified atom stereocenters. The third-order valence-electron chi connectivity index (χ3n) is 3.08. The van der Waals surface area contributed by atoms with Crippen molar-refractivity contribution in [3.63, 3.8) is 0 Å². The molecule has 0 aliphatic carbocycles. The number of nitrogens with zero attached hydrogens (tertiary/aromatic N) is 2. The van der Waals surface area contributed by atoms with Crippen molar-refractivity contribution < 1.29 is 0 Å². The number of likely N-dealkylation sites (N-methyl/N-ethyl adjacent to an activating group) is 1. The van der Waals surface area contributed by atoms with E-state index in [1.54, 1.807) is 0 Å². The molecule has 1 heterocycles. The fraction of sp³-hybridized carbons (Fsp3) is 0.786. The Bertz CT molecular complexity index is 339. The molecule has 0 saturated heterocycles. The standard InChI is InChI=1S/C14H27N3/c1-6-13-12(8-9-15-5)14(7-2)17(16-13)10-11(3)4/h11,15H,6-10H2,1-5H3.